The van der Waals surface area contributed by atoms with E-state index in [1.165, 1.54) is 5.56 Å². The van der Waals surface area contributed by atoms with Crippen LogP contribution in [0.4, 0.5) is 0 Å². The Hall–Kier alpha value is -1.06. The number of hydrogen-bond acceptors (Lipinski definition) is 3. The number of ether oxygens (including phenoxy) is 1. The van der Waals surface area contributed by atoms with Crippen molar-refractivity contribution in [3.63, 3.8) is 0 Å². The van der Waals surface area contributed by atoms with E-state index in [1.807, 2.05) is 0 Å². The number of hydrogen-bond donors (Lipinski definition) is 1. The molecule has 1 aliphatic rings. The van der Waals surface area contributed by atoms with Gasteiger partial charge >= 0.3 is 0 Å². The van der Waals surface area contributed by atoms with Crippen LogP contribution < -0.4 is 10.5 Å². The highest BCUT2D eigenvalue weighted by Crippen LogP contribution is 2.27. The van der Waals surface area contributed by atoms with Crippen LogP contribution in [0.15, 0.2) is 24.3 Å². The third kappa shape index (κ3) is 3.74. The summed E-state index contributed by atoms with van der Waals surface area (Å²) >= 11 is 0. The topological polar surface area (TPSA) is 38.5 Å². The average molecular weight is 276 g/mol. The van der Waals surface area contributed by atoms with Crippen molar-refractivity contribution >= 4 is 0 Å². The van der Waals surface area contributed by atoms with Gasteiger partial charge < -0.3 is 10.5 Å². The van der Waals surface area contributed by atoms with Crippen molar-refractivity contribution in [2.45, 2.75) is 52.3 Å². The summed E-state index contributed by atoms with van der Waals surface area (Å²) in [5, 5.41) is 0. The van der Waals surface area contributed by atoms with Crippen molar-refractivity contribution in [3.8, 4) is 5.75 Å². The summed E-state index contributed by atoms with van der Waals surface area (Å²) in [7, 11) is 0. The van der Waals surface area contributed by atoms with E-state index in [0.29, 0.717) is 18.0 Å². The highest BCUT2D eigenvalue weighted by molar-refractivity contribution is 5.29. The second-order valence-corrected chi connectivity index (χ2v) is 6.34. The van der Waals surface area contributed by atoms with Gasteiger partial charge in [0.1, 0.15) is 5.75 Å². The van der Waals surface area contributed by atoms with Gasteiger partial charge in [0.25, 0.3) is 0 Å². The molecule has 20 heavy (non-hydrogen) atoms. The smallest absolute Gasteiger partial charge is 0.119 e. The maximum Gasteiger partial charge on any atom is 0.119 e. The molecule has 2 rings (SSSR count). The SMILES string of the molecule is CC(C)Oc1ccc(C(C)N2CCC(N)C(C)C2)cc1. The molecule has 2 N–H and O–H groups in total. The third-order valence-corrected chi connectivity index (χ3v) is 4.29. The van der Waals surface area contributed by atoms with Gasteiger partial charge in [0.05, 0.1) is 6.10 Å². The van der Waals surface area contributed by atoms with Crippen LogP contribution in [0.5, 0.6) is 5.75 Å². The Morgan fingerprint density at radius 2 is 1.85 bits per heavy atom. The zero-order valence-electron chi connectivity index (χ0n) is 13.2. The Morgan fingerprint density at radius 3 is 2.40 bits per heavy atom. The second-order valence-electron chi connectivity index (χ2n) is 6.34. The second kappa shape index (κ2) is 6.59. The van der Waals surface area contributed by atoms with Gasteiger partial charge in [-0.05, 0) is 50.8 Å². The zero-order valence-corrected chi connectivity index (χ0v) is 13.2. The first-order chi connectivity index (χ1) is 9.47. The van der Waals surface area contributed by atoms with Crippen LogP contribution >= 0.6 is 0 Å². The van der Waals surface area contributed by atoms with Crippen molar-refractivity contribution in [3.05, 3.63) is 29.8 Å². The summed E-state index contributed by atoms with van der Waals surface area (Å²) in [6, 6.07) is 9.32. The average Bonchev–Trinajstić information content (AvgIpc) is 2.41. The maximum absolute atomic E-state index is 6.10. The number of likely N-dealkylation sites (tertiary alicyclic amines) is 1. The number of benzene rings is 1. The number of piperidine rings is 1. The molecular formula is C17H28N2O. The fourth-order valence-electron chi connectivity index (χ4n) is 2.86. The minimum Gasteiger partial charge on any atom is -0.491 e. The highest BCUT2D eigenvalue weighted by atomic mass is 16.5. The van der Waals surface area contributed by atoms with E-state index in [9.17, 15) is 0 Å². The molecule has 3 heteroatoms. The van der Waals surface area contributed by atoms with Crippen molar-refractivity contribution in [1.82, 2.24) is 4.90 Å². The molecule has 112 valence electrons. The first-order valence-corrected chi connectivity index (χ1v) is 7.73. The monoisotopic (exact) mass is 276 g/mol. The molecule has 0 aromatic heterocycles. The summed E-state index contributed by atoms with van der Waals surface area (Å²) in [5.74, 6) is 1.53. The van der Waals surface area contributed by atoms with Crippen LogP contribution in [-0.2, 0) is 0 Å². The summed E-state index contributed by atoms with van der Waals surface area (Å²) in [4.78, 5) is 2.53. The highest BCUT2D eigenvalue weighted by Gasteiger charge is 2.26. The molecule has 0 bridgehead atoms. The summed E-state index contributed by atoms with van der Waals surface area (Å²) < 4.78 is 5.70. The lowest BCUT2D eigenvalue weighted by Gasteiger charge is -2.38. The molecule has 3 unspecified atom stereocenters. The summed E-state index contributed by atoms with van der Waals surface area (Å²) in [6.07, 6.45) is 1.32. The molecule has 1 aliphatic heterocycles. The summed E-state index contributed by atoms with van der Waals surface area (Å²) in [6.45, 7) is 10.8. The van der Waals surface area contributed by atoms with Crippen LogP contribution in [-0.4, -0.2) is 30.1 Å². The van der Waals surface area contributed by atoms with Gasteiger partial charge in [-0.15, -0.1) is 0 Å². The fourth-order valence-corrected chi connectivity index (χ4v) is 2.86. The van der Waals surface area contributed by atoms with Gasteiger partial charge in [0.15, 0.2) is 0 Å². The molecule has 3 nitrogen and oxygen atoms in total. The predicted octanol–water partition coefficient (Wildman–Crippen LogP) is 3.20. The molecule has 0 saturated carbocycles. The lowest BCUT2D eigenvalue weighted by atomic mass is 9.92. The van der Waals surface area contributed by atoms with Crippen LogP contribution in [0.25, 0.3) is 0 Å². The van der Waals surface area contributed by atoms with Crippen molar-refractivity contribution in [1.29, 1.82) is 0 Å². The number of rotatable bonds is 4. The van der Waals surface area contributed by atoms with Gasteiger partial charge in [-0.2, -0.15) is 0 Å². The molecule has 0 spiro atoms. The van der Waals surface area contributed by atoms with E-state index in [-0.39, 0.29) is 6.10 Å². The third-order valence-electron chi connectivity index (χ3n) is 4.29. The van der Waals surface area contributed by atoms with Crippen LogP contribution in [0, 0.1) is 5.92 Å². The largest absolute Gasteiger partial charge is 0.491 e. The standard InChI is InChI=1S/C17H28N2O/c1-12(2)20-16-7-5-15(6-8-16)14(4)19-10-9-17(18)13(3)11-19/h5-8,12-14,17H,9-11,18H2,1-4H3. The normalized spacial score (nSPS) is 25.7. The van der Waals surface area contributed by atoms with Crippen molar-refractivity contribution in [2.24, 2.45) is 11.7 Å². The number of nitrogens with two attached hydrogens (primary N) is 1. The van der Waals surface area contributed by atoms with E-state index in [2.05, 4.69) is 56.9 Å². The molecule has 1 aromatic carbocycles. The molecule has 0 amide bonds. The first kappa shape index (κ1) is 15.3. The summed E-state index contributed by atoms with van der Waals surface area (Å²) in [5.41, 5.74) is 7.45. The molecular weight excluding hydrogens is 248 g/mol. The van der Waals surface area contributed by atoms with Crippen LogP contribution in [0.1, 0.15) is 45.7 Å². The maximum atomic E-state index is 6.10. The van der Waals surface area contributed by atoms with E-state index in [1.54, 1.807) is 0 Å². The van der Waals surface area contributed by atoms with E-state index in [0.717, 1.165) is 25.3 Å². The van der Waals surface area contributed by atoms with Crippen LogP contribution in [0.2, 0.25) is 0 Å². The van der Waals surface area contributed by atoms with E-state index in [4.69, 9.17) is 10.5 Å². The van der Waals surface area contributed by atoms with Crippen molar-refractivity contribution < 1.29 is 4.74 Å². The van der Waals surface area contributed by atoms with E-state index >= 15 is 0 Å². The zero-order chi connectivity index (χ0) is 14.7. The lowest BCUT2D eigenvalue weighted by Crippen LogP contribution is -2.46. The predicted molar refractivity (Wildman–Crippen MR) is 84.0 cm³/mol. The molecule has 1 saturated heterocycles. The minimum atomic E-state index is 0.225. The molecule has 0 radical (unpaired) electrons. The molecule has 0 aliphatic carbocycles. The Bertz CT molecular complexity index is 416. The van der Waals surface area contributed by atoms with Gasteiger partial charge in [0, 0.05) is 25.2 Å². The van der Waals surface area contributed by atoms with Gasteiger partial charge in [-0.3, -0.25) is 4.90 Å². The molecule has 1 heterocycles. The van der Waals surface area contributed by atoms with Gasteiger partial charge in [-0.1, -0.05) is 19.1 Å². The van der Waals surface area contributed by atoms with Crippen LogP contribution in [0.3, 0.4) is 0 Å². The lowest BCUT2D eigenvalue weighted by molar-refractivity contribution is 0.124. The minimum absolute atomic E-state index is 0.225. The molecule has 1 fully saturated rings. The Kier molecular flexibility index (Phi) is 5.06. The fraction of sp³-hybridized carbons (Fsp3) is 0.647. The first-order valence-electron chi connectivity index (χ1n) is 7.73. The van der Waals surface area contributed by atoms with Gasteiger partial charge in [-0.25, -0.2) is 0 Å². The quantitative estimate of drug-likeness (QED) is 0.917. The Balaban J connectivity index is 2.00. The Morgan fingerprint density at radius 1 is 1.20 bits per heavy atom. The van der Waals surface area contributed by atoms with Crippen molar-refractivity contribution in [2.75, 3.05) is 13.1 Å². The molecule has 1 aromatic rings. The molecule has 3 atom stereocenters. The Labute approximate surface area is 123 Å². The van der Waals surface area contributed by atoms with Gasteiger partial charge in [0.2, 0.25) is 0 Å². The number of nitrogens with zero attached hydrogens (tertiary/aromatic N) is 1. The van der Waals surface area contributed by atoms with E-state index < -0.39 is 0 Å².